The molecule has 5 heteroatoms. The predicted octanol–water partition coefficient (Wildman–Crippen LogP) is 8.75. The molecule has 196 valence electrons. The van der Waals surface area contributed by atoms with E-state index < -0.39 is 5.92 Å². The highest BCUT2D eigenvalue weighted by Gasteiger charge is 2.25. The second kappa shape index (κ2) is 11.2. The van der Waals surface area contributed by atoms with Crippen LogP contribution in [0, 0.1) is 23.3 Å². The van der Waals surface area contributed by atoms with Gasteiger partial charge in [0.1, 0.15) is 23.3 Å². The van der Waals surface area contributed by atoms with Gasteiger partial charge in [0, 0.05) is 17.5 Å². The second-order valence-corrected chi connectivity index (χ2v) is 9.61. The van der Waals surface area contributed by atoms with Crippen molar-refractivity contribution in [2.45, 2.75) is 25.2 Å². The maximum absolute atomic E-state index is 13.9. The van der Waals surface area contributed by atoms with E-state index >= 15 is 0 Å². The van der Waals surface area contributed by atoms with Crippen LogP contribution in [0.2, 0.25) is 0 Å². The lowest BCUT2D eigenvalue weighted by Gasteiger charge is -2.26. The van der Waals surface area contributed by atoms with Crippen LogP contribution in [0.4, 0.5) is 23.2 Å². The van der Waals surface area contributed by atoms with Crippen LogP contribution in [-0.4, -0.2) is 0 Å². The topological polar surface area (TPSA) is 26.0 Å². The zero-order chi connectivity index (χ0) is 27.5. The number of hydrogen-bond acceptors (Lipinski definition) is 1. The number of benzene rings is 5. The Bertz CT molecular complexity index is 1470. The van der Waals surface area contributed by atoms with E-state index in [9.17, 15) is 17.6 Å². The molecule has 0 unspecified atom stereocenters. The van der Waals surface area contributed by atoms with Gasteiger partial charge in [0.2, 0.25) is 0 Å². The fourth-order valence-electron chi connectivity index (χ4n) is 5.21. The molecule has 0 amide bonds. The fraction of sp³-hybridized carbons (Fsp3) is 0.118. The molecule has 0 saturated heterocycles. The van der Waals surface area contributed by atoms with Gasteiger partial charge < -0.3 is 5.73 Å². The van der Waals surface area contributed by atoms with Gasteiger partial charge in [-0.25, -0.2) is 17.6 Å². The molecule has 2 N–H and O–H groups in total. The Balaban J connectivity index is 1.76. The maximum Gasteiger partial charge on any atom is 0.123 e. The van der Waals surface area contributed by atoms with Crippen molar-refractivity contribution in [1.82, 2.24) is 0 Å². The van der Waals surface area contributed by atoms with Crippen LogP contribution in [-0.2, 0) is 6.42 Å². The largest absolute Gasteiger partial charge is 0.398 e. The molecule has 5 rings (SSSR count). The Morgan fingerprint density at radius 3 is 1.15 bits per heavy atom. The molecule has 5 aromatic carbocycles. The standard InChI is InChI=1S/C34H27F4N/c1-2-21-19-26(32(22-3-11-27(35)12-4-22)23-5-13-28(36)14-6-23)20-31(34(21)39)33(24-7-15-29(37)16-8-24)25-9-17-30(38)18-10-25/h3-20,32-33H,2,39H2,1H3. The van der Waals surface area contributed by atoms with Crippen LogP contribution in [0.15, 0.2) is 109 Å². The van der Waals surface area contributed by atoms with E-state index in [1.165, 1.54) is 48.5 Å². The Labute approximate surface area is 225 Å². The molecule has 5 aromatic rings. The van der Waals surface area contributed by atoms with Crippen molar-refractivity contribution < 1.29 is 17.6 Å². The predicted molar refractivity (Wildman–Crippen MR) is 148 cm³/mol. The first-order chi connectivity index (χ1) is 18.8. The van der Waals surface area contributed by atoms with Crippen LogP contribution in [0.25, 0.3) is 0 Å². The highest BCUT2D eigenvalue weighted by molar-refractivity contribution is 5.63. The van der Waals surface area contributed by atoms with Crippen molar-refractivity contribution in [3.05, 3.63) is 171 Å². The third kappa shape index (κ3) is 5.58. The third-order valence-electron chi connectivity index (χ3n) is 7.16. The summed E-state index contributed by atoms with van der Waals surface area (Å²) in [5.41, 5.74) is 13.2. The van der Waals surface area contributed by atoms with Crippen molar-refractivity contribution in [2.24, 2.45) is 0 Å². The van der Waals surface area contributed by atoms with Gasteiger partial charge in [0.05, 0.1) is 0 Å². The number of hydrogen-bond donors (Lipinski definition) is 1. The molecule has 0 heterocycles. The summed E-state index contributed by atoms with van der Waals surface area (Å²) < 4.78 is 55.5. The van der Waals surface area contributed by atoms with E-state index in [-0.39, 0.29) is 29.2 Å². The lowest BCUT2D eigenvalue weighted by molar-refractivity contribution is 0.625. The molecule has 0 radical (unpaired) electrons. The minimum atomic E-state index is -0.404. The average molecular weight is 526 g/mol. The zero-order valence-electron chi connectivity index (χ0n) is 21.3. The normalized spacial score (nSPS) is 11.4. The van der Waals surface area contributed by atoms with Crippen LogP contribution >= 0.6 is 0 Å². The molecular weight excluding hydrogens is 498 g/mol. The smallest absolute Gasteiger partial charge is 0.123 e. The number of nitrogen functional groups attached to an aromatic ring is 1. The first-order valence-electron chi connectivity index (χ1n) is 12.8. The summed E-state index contributed by atoms with van der Waals surface area (Å²) >= 11 is 0. The summed E-state index contributed by atoms with van der Waals surface area (Å²) in [7, 11) is 0. The number of nitrogens with two attached hydrogens (primary N) is 1. The summed E-state index contributed by atoms with van der Waals surface area (Å²) in [5.74, 6) is -2.16. The second-order valence-electron chi connectivity index (χ2n) is 9.61. The van der Waals surface area contributed by atoms with E-state index in [1.807, 2.05) is 19.1 Å². The van der Waals surface area contributed by atoms with Gasteiger partial charge in [0.15, 0.2) is 0 Å². The summed E-state index contributed by atoms with van der Waals surface area (Å²) in [5, 5.41) is 0. The fourth-order valence-corrected chi connectivity index (χ4v) is 5.21. The quantitative estimate of drug-likeness (QED) is 0.128. The van der Waals surface area contributed by atoms with Crippen molar-refractivity contribution >= 4 is 5.69 Å². The van der Waals surface area contributed by atoms with Gasteiger partial charge in [-0.05, 0) is 93.9 Å². The van der Waals surface area contributed by atoms with Crippen LogP contribution < -0.4 is 5.73 Å². The highest BCUT2D eigenvalue weighted by atomic mass is 19.1. The van der Waals surface area contributed by atoms with Gasteiger partial charge in [0.25, 0.3) is 0 Å². The van der Waals surface area contributed by atoms with Crippen molar-refractivity contribution in [3.63, 3.8) is 0 Å². The number of anilines is 1. The van der Waals surface area contributed by atoms with Gasteiger partial charge in [-0.3, -0.25) is 0 Å². The molecule has 0 fully saturated rings. The molecular formula is C34H27F4N. The minimum absolute atomic E-state index is 0.335. The van der Waals surface area contributed by atoms with Crippen molar-refractivity contribution in [3.8, 4) is 0 Å². The first-order valence-corrected chi connectivity index (χ1v) is 12.8. The molecule has 0 saturated carbocycles. The molecule has 0 atom stereocenters. The summed E-state index contributed by atoms with van der Waals surface area (Å²) in [6.07, 6.45) is 0.645. The molecule has 0 aliphatic heterocycles. The molecule has 0 aliphatic rings. The summed E-state index contributed by atoms with van der Waals surface area (Å²) in [6, 6.07) is 29.0. The number of rotatable bonds is 7. The minimum Gasteiger partial charge on any atom is -0.398 e. The van der Waals surface area contributed by atoms with Crippen LogP contribution in [0.1, 0.15) is 57.7 Å². The Morgan fingerprint density at radius 2 is 0.821 bits per heavy atom. The molecule has 0 aliphatic carbocycles. The third-order valence-corrected chi connectivity index (χ3v) is 7.16. The van der Waals surface area contributed by atoms with E-state index in [4.69, 9.17) is 5.73 Å². The van der Waals surface area contributed by atoms with E-state index in [0.29, 0.717) is 12.1 Å². The van der Waals surface area contributed by atoms with Gasteiger partial charge >= 0.3 is 0 Å². The summed E-state index contributed by atoms with van der Waals surface area (Å²) in [4.78, 5) is 0. The molecule has 0 bridgehead atoms. The lowest BCUT2D eigenvalue weighted by atomic mass is 9.78. The Kier molecular flexibility index (Phi) is 7.51. The lowest BCUT2D eigenvalue weighted by Crippen LogP contribution is -2.12. The zero-order valence-corrected chi connectivity index (χ0v) is 21.3. The van der Waals surface area contributed by atoms with Gasteiger partial charge in [-0.2, -0.15) is 0 Å². The van der Waals surface area contributed by atoms with Crippen molar-refractivity contribution in [1.29, 1.82) is 0 Å². The average Bonchev–Trinajstić information content (AvgIpc) is 2.94. The number of aryl methyl sites for hydroxylation is 1. The maximum atomic E-state index is 13.9. The Hall–Kier alpha value is -4.38. The van der Waals surface area contributed by atoms with Gasteiger partial charge in [-0.1, -0.05) is 67.6 Å². The van der Waals surface area contributed by atoms with E-state index in [1.54, 1.807) is 48.5 Å². The SMILES string of the molecule is CCc1cc(C(c2ccc(F)cc2)c2ccc(F)cc2)cc(C(c2ccc(F)cc2)c2ccc(F)cc2)c1N. The van der Waals surface area contributed by atoms with E-state index in [2.05, 4.69) is 0 Å². The Morgan fingerprint density at radius 1 is 0.487 bits per heavy atom. The van der Waals surface area contributed by atoms with Crippen LogP contribution in [0.5, 0.6) is 0 Å². The highest BCUT2D eigenvalue weighted by Crippen LogP contribution is 2.41. The molecule has 0 aromatic heterocycles. The van der Waals surface area contributed by atoms with Crippen LogP contribution in [0.3, 0.4) is 0 Å². The first kappa shape index (κ1) is 26.2. The van der Waals surface area contributed by atoms with E-state index in [0.717, 1.165) is 38.9 Å². The van der Waals surface area contributed by atoms with Gasteiger partial charge in [-0.15, -0.1) is 0 Å². The van der Waals surface area contributed by atoms with Crippen molar-refractivity contribution in [2.75, 3.05) is 5.73 Å². The molecule has 0 spiro atoms. The molecule has 39 heavy (non-hydrogen) atoms. The molecule has 1 nitrogen and oxygen atoms in total. The summed E-state index contributed by atoms with van der Waals surface area (Å²) in [6.45, 7) is 2.01. The number of halogens is 4. The monoisotopic (exact) mass is 525 g/mol.